The van der Waals surface area contributed by atoms with Crippen LogP contribution >= 0.6 is 0 Å². The average molecular weight is 179 g/mol. The molecule has 0 amide bonds. The van der Waals surface area contributed by atoms with Gasteiger partial charge in [-0.15, -0.1) is 0 Å². The smallest absolute Gasteiger partial charge is 0.125 e. The number of aromatic nitrogens is 2. The highest BCUT2D eigenvalue weighted by molar-refractivity contribution is 5.07. The van der Waals surface area contributed by atoms with Gasteiger partial charge in [0, 0.05) is 12.2 Å². The number of hydrogen-bond donors (Lipinski definition) is 1. The van der Waals surface area contributed by atoms with Crippen molar-refractivity contribution in [3.8, 4) is 0 Å². The Morgan fingerprint density at radius 2 is 2.23 bits per heavy atom. The summed E-state index contributed by atoms with van der Waals surface area (Å²) in [5, 5.41) is 0. The van der Waals surface area contributed by atoms with Crippen LogP contribution in [0.3, 0.4) is 0 Å². The zero-order chi connectivity index (χ0) is 9.84. The molecule has 1 heterocycles. The van der Waals surface area contributed by atoms with E-state index in [0.29, 0.717) is 5.92 Å². The first kappa shape index (κ1) is 10.1. The van der Waals surface area contributed by atoms with Crippen molar-refractivity contribution < 1.29 is 0 Å². The van der Waals surface area contributed by atoms with E-state index in [1.165, 1.54) is 0 Å². The van der Waals surface area contributed by atoms with Crippen LogP contribution in [0.15, 0.2) is 12.3 Å². The van der Waals surface area contributed by atoms with Crippen LogP contribution in [0.25, 0.3) is 0 Å². The summed E-state index contributed by atoms with van der Waals surface area (Å²) in [7, 11) is 0. The lowest BCUT2D eigenvalue weighted by Crippen LogP contribution is -2.20. The standard InChI is InChI=1S/C10H17N3/c1-4-7(2)10(11)9-5-6-12-8(3)13-9/h5-7,10H,4,11H2,1-3H3/t7-,10-/m0/s1. The molecule has 72 valence electrons. The van der Waals surface area contributed by atoms with Crippen molar-refractivity contribution in [3.63, 3.8) is 0 Å². The van der Waals surface area contributed by atoms with Crippen molar-refractivity contribution in [3.05, 3.63) is 23.8 Å². The highest BCUT2D eigenvalue weighted by Gasteiger charge is 2.14. The van der Waals surface area contributed by atoms with Gasteiger partial charge in [-0.05, 0) is 18.9 Å². The quantitative estimate of drug-likeness (QED) is 0.770. The van der Waals surface area contributed by atoms with Gasteiger partial charge in [0.15, 0.2) is 0 Å². The summed E-state index contributed by atoms with van der Waals surface area (Å²) in [6, 6.07) is 1.93. The summed E-state index contributed by atoms with van der Waals surface area (Å²) < 4.78 is 0. The molecule has 0 fully saturated rings. The Morgan fingerprint density at radius 3 is 2.77 bits per heavy atom. The van der Waals surface area contributed by atoms with Crippen LogP contribution in [-0.2, 0) is 0 Å². The molecule has 1 rings (SSSR count). The molecule has 3 heteroatoms. The van der Waals surface area contributed by atoms with Crippen molar-refractivity contribution in [2.75, 3.05) is 0 Å². The number of hydrogen-bond acceptors (Lipinski definition) is 3. The van der Waals surface area contributed by atoms with Crippen LogP contribution in [0.1, 0.15) is 37.8 Å². The van der Waals surface area contributed by atoms with Gasteiger partial charge in [-0.1, -0.05) is 20.3 Å². The lowest BCUT2D eigenvalue weighted by Gasteiger charge is -2.17. The highest BCUT2D eigenvalue weighted by atomic mass is 14.9. The van der Waals surface area contributed by atoms with Crippen molar-refractivity contribution >= 4 is 0 Å². The molecule has 13 heavy (non-hydrogen) atoms. The number of aryl methyl sites for hydroxylation is 1. The van der Waals surface area contributed by atoms with Gasteiger partial charge in [0.2, 0.25) is 0 Å². The summed E-state index contributed by atoms with van der Waals surface area (Å²) in [4.78, 5) is 8.35. The number of nitrogens with zero attached hydrogens (tertiary/aromatic N) is 2. The van der Waals surface area contributed by atoms with Gasteiger partial charge in [0.25, 0.3) is 0 Å². The maximum Gasteiger partial charge on any atom is 0.125 e. The molecule has 0 radical (unpaired) electrons. The van der Waals surface area contributed by atoms with E-state index >= 15 is 0 Å². The normalized spacial score (nSPS) is 15.4. The van der Waals surface area contributed by atoms with Crippen LogP contribution < -0.4 is 5.73 Å². The third kappa shape index (κ3) is 2.49. The molecule has 1 aromatic heterocycles. The Bertz CT molecular complexity index is 273. The lowest BCUT2D eigenvalue weighted by molar-refractivity contribution is 0.447. The molecule has 2 atom stereocenters. The summed E-state index contributed by atoms with van der Waals surface area (Å²) in [6.07, 6.45) is 2.84. The second-order valence-corrected chi connectivity index (χ2v) is 3.44. The van der Waals surface area contributed by atoms with Gasteiger partial charge < -0.3 is 5.73 Å². The van der Waals surface area contributed by atoms with Crippen LogP contribution in [0.4, 0.5) is 0 Å². The fourth-order valence-electron chi connectivity index (χ4n) is 1.21. The molecular weight excluding hydrogens is 162 g/mol. The Kier molecular flexibility index (Phi) is 3.37. The Balaban J connectivity index is 2.82. The van der Waals surface area contributed by atoms with E-state index in [9.17, 15) is 0 Å². The van der Waals surface area contributed by atoms with Crippen LogP contribution in [0.5, 0.6) is 0 Å². The molecule has 0 aromatic carbocycles. The number of nitrogens with two attached hydrogens (primary N) is 1. The largest absolute Gasteiger partial charge is 0.322 e. The summed E-state index contributed by atoms with van der Waals surface area (Å²) in [5.41, 5.74) is 6.97. The van der Waals surface area contributed by atoms with E-state index in [1.54, 1.807) is 6.20 Å². The summed E-state index contributed by atoms with van der Waals surface area (Å²) in [5.74, 6) is 1.26. The van der Waals surface area contributed by atoms with Crippen molar-refractivity contribution in [2.45, 2.75) is 33.2 Å². The minimum Gasteiger partial charge on any atom is -0.322 e. The van der Waals surface area contributed by atoms with E-state index in [2.05, 4.69) is 23.8 Å². The molecule has 0 aliphatic carbocycles. The maximum absolute atomic E-state index is 6.03. The minimum atomic E-state index is 0.0340. The Morgan fingerprint density at radius 1 is 1.54 bits per heavy atom. The molecule has 3 nitrogen and oxygen atoms in total. The average Bonchev–Trinajstić information content (AvgIpc) is 2.15. The van der Waals surface area contributed by atoms with E-state index in [0.717, 1.165) is 17.9 Å². The van der Waals surface area contributed by atoms with Gasteiger partial charge in [0.1, 0.15) is 5.82 Å². The van der Waals surface area contributed by atoms with Gasteiger partial charge >= 0.3 is 0 Å². The fraction of sp³-hybridized carbons (Fsp3) is 0.600. The van der Waals surface area contributed by atoms with Crippen molar-refractivity contribution in [1.29, 1.82) is 0 Å². The summed E-state index contributed by atoms with van der Waals surface area (Å²) in [6.45, 7) is 6.16. The lowest BCUT2D eigenvalue weighted by atomic mass is 9.97. The van der Waals surface area contributed by atoms with Gasteiger partial charge in [-0.3, -0.25) is 0 Å². The predicted molar refractivity (Wildman–Crippen MR) is 53.2 cm³/mol. The van der Waals surface area contributed by atoms with Crippen molar-refractivity contribution in [1.82, 2.24) is 9.97 Å². The molecule has 0 saturated carbocycles. The molecule has 2 N–H and O–H groups in total. The first-order chi connectivity index (χ1) is 6.15. The molecule has 0 bridgehead atoms. The zero-order valence-electron chi connectivity index (χ0n) is 8.49. The SMILES string of the molecule is CC[C@H](C)[C@H](N)c1ccnc(C)n1. The summed E-state index contributed by atoms with van der Waals surface area (Å²) >= 11 is 0. The third-order valence-corrected chi connectivity index (χ3v) is 2.40. The molecule has 0 aliphatic rings. The topological polar surface area (TPSA) is 51.8 Å². The highest BCUT2D eigenvalue weighted by Crippen LogP contribution is 2.19. The maximum atomic E-state index is 6.03. The molecule has 0 spiro atoms. The van der Waals surface area contributed by atoms with Gasteiger partial charge in [0.05, 0.1) is 5.69 Å². The fourth-order valence-corrected chi connectivity index (χ4v) is 1.21. The van der Waals surface area contributed by atoms with Crippen LogP contribution in [-0.4, -0.2) is 9.97 Å². The molecule has 0 aliphatic heterocycles. The van der Waals surface area contributed by atoms with Crippen LogP contribution in [0, 0.1) is 12.8 Å². The zero-order valence-corrected chi connectivity index (χ0v) is 8.49. The number of rotatable bonds is 3. The third-order valence-electron chi connectivity index (χ3n) is 2.40. The minimum absolute atomic E-state index is 0.0340. The van der Waals surface area contributed by atoms with E-state index < -0.39 is 0 Å². The first-order valence-electron chi connectivity index (χ1n) is 4.70. The molecule has 0 saturated heterocycles. The van der Waals surface area contributed by atoms with Crippen molar-refractivity contribution in [2.24, 2.45) is 11.7 Å². The first-order valence-corrected chi connectivity index (χ1v) is 4.70. The molecule has 1 aromatic rings. The second-order valence-electron chi connectivity index (χ2n) is 3.44. The second kappa shape index (κ2) is 4.33. The predicted octanol–water partition coefficient (Wildman–Crippen LogP) is 1.83. The Hall–Kier alpha value is -0.960. The van der Waals surface area contributed by atoms with E-state index in [-0.39, 0.29) is 6.04 Å². The monoisotopic (exact) mass is 179 g/mol. The van der Waals surface area contributed by atoms with E-state index in [1.807, 2.05) is 13.0 Å². The van der Waals surface area contributed by atoms with E-state index in [4.69, 9.17) is 5.73 Å². The molecule has 0 unspecified atom stereocenters. The Labute approximate surface area is 79.4 Å². The van der Waals surface area contributed by atoms with Crippen LogP contribution in [0.2, 0.25) is 0 Å². The molecular formula is C10H17N3. The van der Waals surface area contributed by atoms with Gasteiger partial charge in [-0.25, -0.2) is 9.97 Å². The van der Waals surface area contributed by atoms with Gasteiger partial charge in [-0.2, -0.15) is 0 Å².